The van der Waals surface area contributed by atoms with Crippen molar-refractivity contribution in [2.75, 3.05) is 13.1 Å². The van der Waals surface area contributed by atoms with Crippen LogP contribution in [0, 0.1) is 6.92 Å². The summed E-state index contributed by atoms with van der Waals surface area (Å²) >= 11 is 0. The molecule has 0 bridgehead atoms. The van der Waals surface area contributed by atoms with Gasteiger partial charge in [-0.05, 0) is 43.0 Å². The van der Waals surface area contributed by atoms with Crippen LogP contribution in [0.1, 0.15) is 67.8 Å². The number of rotatable bonds is 5. The number of esters is 1. The van der Waals surface area contributed by atoms with Crippen molar-refractivity contribution in [3.63, 3.8) is 0 Å². The molecule has 2 fully saturated rings. The lowest BCUT2D eigenvalue weighted by molar-refractivity contribution is 0.00158. The highest BCUT2D eigenvalue weighted by Crippen LogP contribution is 2.52. The lowest BCUT2D eigenvalue weighted by Gasteiger charge is -2.22. The van der Waals surface area contributed by atoms with Crippen LogP contribution in [0.4, 0.5) is 0 Å². The SMILES string of the molecule is Cc1ccc(C=Cc2ccc(C3(C(=O)c4cccc5c4C(=O)OC54CCNC4)CC3)cc2)cc1. The van der Waals surface area contributed by atoms with Crippen molar-refractivity contribution in [1.29, 1.82) is 0 Å². The van der Waals surface area contributed by atoms with Crippen molar-refractivity contribution in [3.8, 4) is 0 Å². The number of nitrogens with one attached hydrogen (secondary N) is 1. The van der Waals surface area contributed by atoms with Gasteiger partial charge in [-0.25, -0.2) is 4.79 Å². The van der Waals surface area contributed by atoms with E-state index in [2.05, 4.69) is 72.9 Å². The smallest absolute Gasteiger partial charge is 0.340 e. The molecule has 0 radical (unpaired) electrons. The molecule has 1 unspecified atom stereocenters. The van der Waals surface area contributed by atoms with Crippen LogP contribution in [-0.4, -0.2) is 24.8 Å². The maximum Gasteiger partial charge on any atom is 0.340 e. The normalized spacial score (nSPS) is 22.2. The van der Waals surface area contributed by atoms with Gasteiger partial charge in [-0.3, -0.25) is 4.79 Å². The average molecular weight is 450 g/mol. The number of carbonyl (C=O) groups is 2. The van der Waals surface area contributed by atoms with E-state index in [0.717, 1.165) is 48.1 Å². The maximum atomic E-state index is 13.8. The Balaban J connectivity index is 1.28. The molecule has 1 aliphatic carbocycles. The minimum atomic E-state index is -0.620. The minimum absolute atomic E-state index is 0.0345. The fraction of sp³-hybridized carbons (Fsp3) is 0.267. The third kappa shape index (κ3) is 3.33. The Bertz CT molecular complexity index is 1310. The van der Waals surface area contributed by atoms with E-state index in [1.54, 1.807) is 6.07 Å². The quantitative estimate of drug-likeness (QED) is 0.320. The van der Waals surface area contributed by atoms with Gasteiger partial charge in [-0.1, -0.05) is 84.4 Å². The van der Waals surface area contributed by atoms with Gasteiger partial charge in [-0.15, -0.1) is 0 Å². The zero-order chi connectivity index (χ0) is 23.3. The van der Waals surface area contributed by atoms with Gasteiger partial charge in [0.15, 0.2) is 11.4 Å². The van der Waals surface area contributed by atoms with E-state index >= 15 is 0 Å². The molecule has 4 heteroatoms. The fourth-order valence-electron chi connectivity index (χ4n) is 5.42. The Labute approximate surface area is 199 Å². The van der Waals surface area contributed by atoms with Gasteiger partial charge >= 0.3 is 5.97 Å². The first-order valence-electron chi connectivity index (χ1n) is 12.0. The van der Waals surface area contributed by atoms with Crippen molar-refractivity contribution < 1.29 is 14.3 Å². The Morgan fingerprint density at radius 3 is 2.21 bits per heavy atom. The number of ketones is 1. The summed E-state index contributed by atoms with van der Waals surface area (Å²) in [7, 11) is 0. The predicted octanol–water partition coefficient (Wildman–Crippen LogP) is 5.44. The Kier molecular flexibility index (Phi) is 4.82. The highest BCUT2D eigenvalue weighted by molar-refractivity contribution is 6.14. The number of Topliss-reactive ketones (excluding diaryl/α,β-unsaturated/α-hetero) is 1. The number of aryl methyl sites for hydroxylation is 1. The maximum absolute atomic E-state index is 13.8. The molecule has 1 atom stereocenters. The predicted molar refractivity (Wildman–Crippen MR) is 133 cm³/mol. The van der Waals surface area contributed by atoms with E-state index in [1.807, 2.05) is 12.1 Å². The standard InChI is InChI=1S/C30H27NO3/c1-20-5-7-21(8-6-20)9-10-22-11-13-23(14-12-22)29(15-16-29)27(32)24-3-2-4-25-26(24)28(33)34-30(25)17-18-31-19-30/h2-14,31H,15-19H2,1H3. The van der Waals surface area contributed by atoms with Crippen LogP contribution in [0.2, 0.25) is 0 Å². The molecule has 1 saturated carbocycles. The molecule has 0 aromatic heterocycles. The van der Waals surface area contributed by atoms with Crippen LogP contribution in [0.5, 0.6) is 0 Å². The molecule has 3 aliphatic rings. The average Bonchev–Trinajstić information content (AvgIpc) is 3.46. The van der Waals surface area contributed by atoms with Gasteiger partial charge in [0.1, 0.15) is 0 Å². The monoisotopic (exact) mass is 449 g/mol. The lowest BCUT2D eigenvalue weighted by Crippen LogP contribution is -2.28. The van der Waals surface area contributed by atoms with Crippen LogP contribution in [0.3, 0.4) is 0 Å². The van der Waals surface area contributed by atoms with E-state index in [0.29, 0.717) is 17.7 Å². The molecule has 6 rings (SSSR count). The van der Waals surface area contributed by atoms with Crippen LogP contribution in [0.25, 0.3) is 12.2 Å². The number of ether oxygens (including phenoxy) is 1. The number of carbonyl (C=O) groups excluding carboxylic acids is 2. The molecule has 0 amide bonds. The van der Waals surface area contributed by atoms with Gasteiger partial charge in [-0.2, -0.15) is 0 Å². The van der Waals surface area contributed by atoms with E-state index < -0.39 is 11.0 Å². The summed E-state index contributed by atoms with van der Waals surface area (Å²) in [5.74, 6) is -0.331. The van der Waals surface area contributed by atoms with Crippen molar-refractivity contribution in [2.45, 2.75) is 37.2 Å². The van der Waals surface area contributed by atoms with E-state index in [1.165, 1.54) is 5.56 Å². The van der Waals surface area contributed by atoms with Crippen LogP contribution in [-0.2, 0) is 15.8 Å². The van der Waals surface area contributed by atoms with Gasteiger partial charge < -0.3 is 10.1 Å². The Morgan fingerprint density at radius 1 is 0.912 bits per heavy atom. The van der Waals surface area contributed by atoms with Crippen LogP contribution >= 0.6 is 0 Å². The first-order chi connectivity index (χ1) is 16.5. The molecule has 1 saturated heterocycles. The largest absolute Gasteiger partial charge is 0.449 e. The molecule has 1 N–H and O–H groups in total. The van der Waals surface area contributed by atoms with E-state index in [9.17, 15) is 9.59 Å². The van der Waals surface area contributed by atoms with Crippen molar-refractivity contribution >= 4 is 23.9 Å². The summed E-state index contributed by atoms with van der Waals surface area (Å²) in [6.45, 7) is 3.49. The topological polar surface area (TPSA) is 55.4 Å². The summed E-state index contributed by atoms with van der Waals surface area (Å²) in [5.41, 5.74) is 5.19. The Morgan fingerprint density at radius 2 is 1.59 bits per heavy atom. The molecular formula is C30H27NO3. The van der Waals surface area contributed by atoms with Crippen molar-refractivity contribution in [1.82, 2.24) is 5.32 Å². The molecule has 1 spiro atoms. The first kappa shape index (κ1) is 21.1. The van der Waals surface area contributed by atoms with E-state index in [4.69, 9.17) is 4.74 Å². The van der Waals surface area contributed by atoms with Gasteiger partial charge in [0.2, 0.25) is 0 Å². The lowest BCUT2D eigenvalue weighted by atomic mass is 9.82. The second-order valence-corrected chi connectivity index (χ2v) is 9.82. The second kappa shape index (κ2) is 7.78. The second-order valence-electron chi connectivity index (χ2n) is 9.82. The van der Waals surface area contributed by atoms with Crippen molar-refractivity contribution in [2.24, 2.45) is 0 Å². The van der Waals surface area contributed by atoms with Crippen LogP contribution in [0.15, 0.2) is 66.7 Å². The Hall–Kier alpha value is -3.50. The molecule has 3 aromatic carbocycles. The zero-order valence-electron chi connectivity index (χ0n) is 19.3. The van der Waals surface area contributed by atoms with Gasteiger partial charge in [0.25, 0.3) is 0 Å². The molecule has 4 nitrogen and oxygen atoms in total. The molecule has 2 aliphatic heterocycles. The molecule has 170 valence electrons. The highest BCUT2D eigenvalue weighted by Gasteiger charge is 2.54. The van der Waals surface area contributed by atoms with E-state index in [-0.39, 0.29) is 11.8 Å². The number of hydrogen-bond donors (Lipinski definition) is 1. The number of hydrogen-bond acceptors (Lipinski definition) is 4. The zero-order valence-corrected chi connectivity index (χ0v) is 19.3. The summed E-state index contributed by atoms with van der Waals surface area (Å²) in [6.07, 6.45) is 6.53. The molecule has 3 aromatic rings. The molecule has 2 heterocycles. The summed E-state index contributed by atoms with van der Waals surface area (Å²) in [6, 6.07) is 22.3. The third-order valence-electron chi connectivity index (χ3n) is 7.60. The summed E-state index contributed by atoms with van der Waals surface area (Å²) < 4.78 is 5.83. The molecule has 34 heavy (non-hydrogen) atoms. The molecular weight excluding hydrogens is 422 g/mol. The minimum Gasteiger partial charge on any atom is -0.449 e. The van der Waals surface area contributed by atoms with Crippen LogP contribution < -0.4 is 5.32 Å². The summed E-state index contributed by atoms with van der Waals surface area (Å²) in [4.78, 5) is 26.7. The van der Waals surface area contributed by atoms with Gasteiger partial charge in [0, 0.05) is 24.1 Å². The number of fused-ring (bicyclic) bond motifs is 2. The summed E-state index contributed by atoms with van der Waals surface area (Å²) in [5, 5.41) is 3.29. The first-order valence-corrected chi connectivity index (χ1v) is 12.0. The number of benzene rings is 3. The third-order valence-corrected chi connectivity index (χ3v) is 7.60. The van der Waals surface area contributed by atoms with Gasteiger partial charge in [0.05, 0.1) is 11.0 Å². The van der Waals surface area contributed by atoms with Crippen molar-refractivity contribution in [3.05, 3.63) is 106 Å². The fourth-order valence-corrected chi connectivity index (χ4v) is 5.42. The highest BCUT2D eigenvalue weighted by atomic mass is 16.6.